The zero-order chi connectivity index (χ0) is 32.9. The second-order valence-electron chi connectivity index (χ2n) is 12.2. The van der Waals surface area contributed by atoms with Crippen LogP contribution in [0.2, 0.25) is 0 Å². The van der Waals surface area contributed by atoms with Crippen LogP contribution < -0.4 is 15.4 Å². The van der Waals surface area contributed by atoms with Gasteiger partial charge in [0.25, 0.3) is 11.8 Å². The quantitative estimate of drug-likeness (QED) is 0.217. The Hall–Kier alpha value is -4.42. The number of carbonyl (C=O) groups excluding carboxylic acids is 2. The molecule has 12 heteroatoms. The molecule has 2 aromatic carbocycles. The molecule has 10 nitrogen and oxygen atoms in total. The predicted octanol–water partition coefficient (Wildman–Crippen LogP) is 5.45. The molecular weight excluding hydrogens is 619 g/mol. The van der Waals surface area contributed by atoms with Crippen LogP contribution in [0.5, 0.6) is 17.4 Å². The van der Waals surface area contributed by atoms with Crippen LogP contribution in [-0.4, -0.2) is 73.3 Å². The van der Waals surface area contributed by atoms with Crippen molar-refractivity contribution < 1.29 is 23.8 Å². The first-order valence-electron chi connectivity index (χ1n) is 15.9. The number of nitrogens with one attached hydrogen (secondary N) is 2. The highest BCUT2D eigenvalue weighted by molar-refractivity contribution is 7.99. The second-order valence-corrected chi connectivity index (χ2v) is 13.4. The van der Waals surface area contributed by atoms with Gasteiger partial charge in [0.2, 0.25) is 5.88 Å². The van der Waals surface area contributed by atoms with Crippen molar-refractivity contribution in [1.82, 2.24) is 30.3 Å². The van der Waals surface area contributed by atoms with Gasteiger partial charge >= 0.3 is 0 Å². The van der Waals surface area contributed by atoms with Crippen LogP contribution in [-0.2, 0) is 13.6 Å². The monoisotopic (exact) mass is 658 g/mol. The number of phenolic OH excluding ortho intramolecular Hbond substituents is 1. The van der Waals surface area contributed by atoms with E-state index in [-0.39, 0.29) is 35.2 Å². The number of nitrogens with zero attached hydrogens (tertiary/aromatic N) is 4. The van der Waals surface area contributed by atoms with Gasteiger partial charge in [-0.1, -0.05) is 18.2 Å². The van der Waals surface area contributed by atoms with Gasteiger partial charge < -0.3 is 20.5 Å². The maximum atomic E-state index is 14.3. The smallest absolute Gasteiger partial charge is 0.272 e. The van der Waals surface area contributed by atoms with E-state index in [0.717, 1.165) is 65.8 Å². The van der Waals surface area contributed by atoms with E-state index >= 15 is 0 Å². The fraction of sp³-hybridized carbons (Fsp3) is 0.371. The molecule has 246 valence electrons. The molecule has 6 rings (SSSR count). The number of aromatic nitrogens is 3. The van der Waals surface area contributed by atoms with Gasteiger partial charge in [0.15, 0.2) is 0 Å². The summed E-state index contributed by atoms with van der Waals surface area (Å²) < 4.78 is 22.1. The third kappa shape index (κ3) is 8.12. The maximum absolute atomic E-state index is 14.3. The van der Waals surface area contributed by atoms with Crippen LogP contribution in [0.4, 0.5) is 4.39 Å². The van der Waals surface area contributed by atoms with Crippen LogP contribution in [0.1, 0.15) is 57.8 Å². The molecule has 47 heavy (non-hydrogen) atoms. The number of halogens is 1. The van der Waals surface area contributed by atoms with Crippen molar-refractivity contribution in [3.05, 3.63) is 89.1 Å². The van der Waals surface area contributed by atoms with Crippen LogP contribution in [0, 0.1) is 12.7 Å². The van der Waals surface area contributed by atoms with Crippen molar-refractivity contribution in [2.24, 2.45) is 7.05 Å². The van der Waals surface area contributed by atoms with Crippen LogP contribution in [0.25, 0.3) is 11.1 Å². The van der Waals surface area contributed by atoms with Crippen molar-refractivity contribution in [3.8, 4) is 28.5 Å². The molecule has 2 fully saturated rings. The first-order valence-corrected chi connectivity index (χ1v) is 17.1. The molecule has 0 bridgehead atoms. The van der Waals surface area contributed by atoms with Gasteiger partial charge in [-0.2, -0.15) is 16.9 Å². The van der Waals surface area contributed by atoms with Gasteiger partial charge in [0.05, 0.1) is 6.20 Å². The van der Waals surface area contributed by atoms with E-state index in [4.69, 9.17) is 4.74 Å². The molecule has 3 N–H and O–H groups in total. The molecule has 4 aromatic rings. The molecular formula is C35H39FN6O4S. The number of pyridine rings is 1. The average Bonchev–Trinajstić information content (AvgIpc) is 3.41. The number of aromatic hydroxyl groups is 1. The number of amides is 2. The Morgan fingerprint density at radius 2 is 1.72 bits per heavy atom. The minimum Gasteiger partial charge on any atom is -0.508 e. The average molecular weight is 659 g/mol. The third-order valence-electron chi connectivity index (χ3n) is 8.75. The Morgan fingerprint density at radius 1 is 1.00 bits per heavy atom. The summed E-state index contributed by atoms with van der Waals surface area (Å²) in [5.41, 5.74) is 4.16. The van der Waals surface area contributed by atoms with E-state index in [1.807, 2.05) is 43.0 Å². The summed E-state index contributed by atoms with van der Waals surface area (Å²) in [5, 5.41) is 20.5. The molecule has 1 saturated carbocycles. The number of aryl methyl sites for hydroxylation is 2. The summed E-state index contributed by atoms with van der Waals surface area (Å²) in [6, 6.07) is 15.6. The van der Waals surface area contributed by atoms with E-state index < -0.39 is 11.7 Å². The lowest BCUT2D eigenvalue weighted by Gasteiger charge is -2.29. The van der Waals surface area contributed by atoms with Crippen molar-refractivity contribution in [2.45, 2.75) is 51.2 Å². The van der Waals surface area contributed by atoms with Gasteiger partial charge in [0.1, 0.15) is 28.6 Å². The first kappa shape index (κ1) is 32.5. The SMILES string of the molecule is Cc1cc(C(=O)NC2CCC(NC(=O)c3cc(F)cnc3Oc3cccc(-c4ccc(O)cc4CN4CCSCC4)c3)CC2)nn1C. The summed E-state index contributed by atoms with van der Waals surface area (Å²) in [6.45, 7) is 4.60. The van der Waals surface area contributed by atoms with Crippen molar-refractivity contribution >= 4 is 23.6 Å². The van der Waals surface area contributed by atoms with Crippen molar-refractivity contribution in [3.63, 3.8) is 0 Å². The highest BCUT2D eigenvalue weighted by Crippen LogP contribution is 2.33. The molecule has 1 aliphatic heterocycles. The number of rotatable bonds is 9. The zero-order valence-electron chi connectivity index (χ0n) is 26.5. The maximum Gasteiger partial charge on any atom is 0.272 e. The van der Waals surface area contributed by atoms with E-state index in [2.05, 4.69) is 25.6 Å². The normalized spacial score (nSPS) is 18.4. The summed E-state index contributed by atoms with van der Waals surface area (Å²) in [5.74, 6) is 1.52. The number of phenols is 1. The van der Waals surface area contributed by atoms with E-state index in [0.29, 0.717) is 37.1 Å². The number of carbonyl (C=O) groups is 2. The van der Waals surface area contributed by atoms with Gasteiger partial charge in [-0.05, 0) is 85.7 Å². The van der Waals surface area contributed by atoms with E-state index in [1.165, 1.54) is 0 Å². The van der Waals surface area contributed by atoms with Crippen LogP contribution in [0.3, 0.4) is 0 Å². The number of hydrogen-bond acceptors (Lipinski definition) is 8. The minimum absolute atomic E-state index is 0.00407. The molecule has 2 aromatic heterocycles. The number of benzene rings is 2. The van der Waals surface area contributed by atoms with Crippen LogP contribution in [0.15, 0.2) is 60.8 Å². The summed E-state index contributed by atoms with van der Waals surface area (Å²) in [7, 11) is 1.80. The number of hydrogen-bond donors (Lipinski definition) is 3. The standard InChI is InChI=1S/C35H39FN6O4S/c1-22-16-32(40-41(22)2)34(45)39-27-8-6-26(7-9-27)38-33(44)31-19-25(36)20-37-35(31)46-29-5-3-4-23(18-29)30-11-10-28(43)17-24(30)21-42-12-14-47-15-13-42/h3-5,10-11,16-20,26-27,43H,6-9,12-15,21H2,1-2H3,(H,38,44)(H,39,45). The predicted molar refractivity (Wildman–Crippen MR) is 179 cm³/mol. The fourth-order valence-corrected chi connectivity index (χ4v) is 7.06. The van der Waals surface area contributed by atoms with Gasteiger partial charge in [0, 0.05) is 56.0 Å². The minimum atomic E-state index is -0.641. The second kappa shape index (κ2) is 14.6. The van der Waals surface area contributed by atoms with Gasteiger partial charge in [-0.15, -0.1) is 0 Å². The lowest BCUT2D eigenvalue weighted by molar-refractivity contribution is 0.0887. The Morgan fingerprint density at radius 3 is 2.43 bits per heavy atom. The number of thioether (sulfide) groups is 1. The van der Waals surface area contributed by atoms with E-state index in [9.17, 15) is 19.1 Å². The molecule has 1 saturated heterocycles. The number of ether oxygens (including phenoxy) is 1. The summed E-state index contributed by atoms with van der Waals surface area (Å²) >= 11 is 1.95. The Labute approximate surface area is 277 Å². The van der Waals surface area contributed by atoms with Gasteiger partial charge in [-0.25, -0.2) is 9.37 Å². The third-order valence-corrected chi connectivity index (χ3v) is 9.69. The summed E-state index contributed by atoms with van der Waals surface area (Å²) in [4.78, 5) is 32.5. The zero-order valence-corrected chi connectivity index (χ0v) is 27.4. The molecule has 3 heterocycles. The largest absolute Gasteiger partial charge is 0.508 e. The highest BCUT2D eigenvalue weighted by Gasteiger charge is 2.26. The fourth-order valence-electron chi connectivity index (χ4n) is 6.08. The molecule has 2 aliphatic rings. The summed E-state index contributed by atoms with van der Waals surface area (Å²) in [6.07, 6.45) is 3.72. The molecule has 0 unspecified atom stereocenters. The Balaban J connectivity index is 1.11. The van der Waals surface area contributed by atoms with Gasteiger partial charge in [-0.3, -0.25) is 19.2 Å². The molecule has 1 aliphatic carbocycles. The van der Waals surface area contributed by atoms with Crippen LogP contribution >= 0.6 is 11.8 Å². The topological polar surface area (TPSA) is 122 Å². The van der Waals surface area contributed by atoms with Crippen molar-refractivity contribution in [1.29, 1.82) is 0 Å². The lowest BCUT2D eigenvalue weighted by Crippen LogP contribution is -2.44. The van der Waals surface area contributed by atoms with E-state index in [1.54, 1.807) is 36.0 Å². The Kier molecular flexibility index (Phi) is 10.1. The highest BCUT2D eigenvalue weighted by atomic mass is 32.2. The Bertz CT molecular complexity index is 1730. The molecule has 0 radical (unpaired) electrons. The molecule has 0 spiro atoms. The first-order chi connectivity index (χ1) is 22.7. The molecule has 2 amide bonds. The lowest BCUT2D eigenvalue weighted by atomic mass is 9.91. The van der Waals surface area contributed by atoms with Crippen molar-refractivity contribution in [2.75, 3.05) is 24.6 Å². The molecule has 0 atom stereocenters.